The number of carbonyl (C=O) groups is 2. The molecule has 0 spiro atoms. The second kappa shape index (κ2) is 8.71. The highest BCUT2D eigenvalue weighted by Crippen LogP contribution is 2.26. The zero-order valence-corrected chi connectivity index (χ0v) is 16.6. The smallest absolute Gasteiger partial charge is 0.339 e. The molecule has 1 heterocycles. The molecule has 1 fully saturated rings. The number of rotatable bonds is 5. The number of nitrogens with zero attached hydrogens (tertiary/aromatic N) is 1. The van der Waals surface area contributed by atoms with Crippen molar-refractivity contribution in [2.24, 2.45) is 5.92 Å². The first-order valence-corrected chi connectivity index (χ1v) is 10.5. The average Bonchev–Trinajstić information content (AvgIpc) is 2.74. The SMILES string of the molecule is COC(=O)c1ccccc1NC(=O)[C@@H]1CCCN(S(=O)(=O)c2ccc(F)cc2)C1. The summed E-state index contributed by atoms with van der Waals surface area (Å²) in [4.78, 5) is 24.6. The first-order chi connectivity index (χ1) is 13.8. The Bertz CT molecular complexity index is 1010. The third-order valence-electron chi connectivity index (χ3n) is 4.80. The van der Waals surface area contributed by atoms with Crippen LogP contribution in [0.4, 0.5) is 10.1 Å². The molecule has 1 aliphatic rings. The van der Waals surface area contributed by atoms with Crippen molar-refractivity contribution < 1.29 is 27.1 Å². The number of piperidine rings is 1. The highest BCUT2D eigenvalue weighted by Gasteiger charge is 2.33. The molecule has 3 rings (SSSR count). The van der Waals surface area contributed by atoms with Gasteiger partial charge in [0.1, 0.15) is 5.82 Å². The van der Waals surface area contributed by atoms with Crippen LogP contribution in [0.2, 0.25) is 0 Å². The van der Waals surface area contributed by atoms with Crippen LogP contribution in [-0.4, -0.2) is 44.8 Å². The van der Waals surface area contributed by atoms with Crippen LogP contribution in [0.1, 0.15) is 23.2 Å². The Balaban J connectivity index is 1.75. The van der Waals surface area contributed by atoms with Gasteiger partial charge in [0.15, 0.2) is 0 Å². The van der Waals surface area contributed by atoms with Crippen molar-refractivity contribution in [2.75, 3.05) is 25.5 Å². The first-order valence-electron chi connectivity index (χ1n) is 9.07. The fourth-order valence-electron chi connectivity index (χ4n) is 3.25. The lowest BCUT2D eigenvalue weighted by Crippen LogP contribution is -2.43. The monoisotopic (exact) mass is 420 g/mol. The predicted molar refractivity (Wildman–Crippen MR) is 104 cm³/mol. The number of benzene rings is 2. The summed E-state index contributed by atoms with van der Waals surface area (Å²) in [5.41, 5.74) is 0.526. The minimum Gasteiger partial charge on any atom is -0.465 e. The number of para-hydroxylation sites is 1. The zero-order valence-electron chi connectivity index (χ0n) is 15.8. The summed E-state index contributed by atoms with van der Waals surface area (Å²) in [6.45, 7) is 0.286. The third kappa shape index (κ3) is 4.63. The molecule has 2 aromatic carbocycles. The second-order valence-electron chi connectivity index (χ2n) is 6.68. The summed E-state index contributed by atoms with van der Waals surface area (Å²) in [6.07, 6.45) is 1.03. The molecule has 0 bridgehead atoms. The number of nitrogens with one attached hydrogen (secondary N) is 1. The average molecular weight is 420 g/mol. The Labute approximate surface area is 168 Å². The normalized spacial score (nSPS) is 17.5. The van der Waals surface area contributed by atoms with Crippen LogP contribution in [0.3, 0.4) is 0 Å². The van der Waals surface area contributed by atoms with E-state index in [0.29, 0.717) is 18.5 Å². The summed E-state index contributed by atoms with van der Waals surface area (Å²) in [5.74, 6) is -2.06. The maximum Gasteiger partial charge on any atom is 0.339 e. The van der Waals surface area contributed by atoms with Crippen molar-refractivity contribution in [3.8, 4) is 0 Å². The predicted octanol–water partition coefficient (Wildman–Crippen LogP) is 2.65. The fourth-order valence-corrected chi connectivity index (χ4v) is 4.77. The standard InChI is InChI=1S/C20H21FN2O5S/c1-28-20(25)17-6-2-3-7-18(17)22-19(24)14-5-4-12-23(13-14)29(26,27)16-10-8-15(21)9-11-16/h2-3,6-11,14H,4-5,12-13H2,1H3,(H,22,24)/t14-/m1/s1. The zero-order chi connectivity index (χ0) is 21.0. The first kappa shape index (κ1) is 20.9. The molecular weight excluding hydrogens is 399 g/mol. The molecule has 0 saturated carbocycles. The van der Waals surface area contributed by atoms with Gasteiger partial charge in [-0.25, -0.2) is 17.6 Å². The Morgan fingerprint density at radius 1 is 1.14 bits per heavy atom. The van der Waals surface area contributed by atoms with E-state index < -0.39 is 27.7 Å². The molecule has 1 saturated heterocycles. The number of hydrogen-bond acceptors (Lipinski definition) is 5. The second-order valence-corrected chi connectivity index (χ2v) is 8.62. The van der Waals surface area contributed by atoms with E-state index in [4.69, 9.17) is 4.74 Å². The van der Waals surface area contributed by atoms with Gasteiger partial charge in [0.25, 0.3) is 0 Å². The van der Waals surface area contributed by atoms with Crippen molar-refractivity contribution >= 4 is 27.6 Å². The Kier molecular flexibility index (Phi) is 6.29. The molecule has 2 aromatic rings. The van der Waals surface area contributed by atoms with E-state index in [1.165, 1.54) is 29.6 Å². The van der Waals surface area contributed by atoms with Gasteiger partial charge < -0.3 is 10.1 Å². The molecule has 1 N–H and O–H groups in total. The van der Waals surface area contributed by atoms with Crippen LogP contribution >= 0.6 is 0 Å². The number of ether oxygens (including phenoxy) is 1. The minimum atomic E-state index is -3.83. The highest BCUT2D eigenvalue weighted by molar-refractivity contribution is 7.89. The van der Waals surface area contributed by atoms with E-state index in [0.717, 1.165) is 12.1 Å². The highest BCUT2D eigenvalue weighted by atomic mass is 32.2. The van der Waals surface area contributed by atoms with Crippen molar-refractivity contribution in [3.63, 3.8) is 0 Å². The Morgan fingerprint density at radius 2 is 1.83 bits per heavy atom. The summed E-state index contributed by atoms with van der Waals surface area (Å²) in [6, 6.07) is 11.0. The van der Waals surface area contributed by atoms with Crippen LogP contribution in [0.15, 0.2) is 53.4 Å². The number of methoxy groups -OCH3 is 1. The number of carbonyl (C=O) groups excluding carboxylic acids is 2. The molecule has 9 heteroatoms. The number of amides is 1. The van der Waals surface area contributed by atoms with E-state index in [2.05, 4.69) is 5.32 Å². The molecule has 0 radical (unpaired) electrons. The number of sulfonamides is 1. The van der Waals surface area contributed by atoms with E-state index >= 15 is 0 Å². The van der Waals surface area contributed by atoms with Gasteiger partial charge in [0, 0.05) is 13.1 Å². The van der Waals surface area contributed by atoms with Crippen LogP contribution in [0.5, 0.6) is 0 Å². The molecule has 0 aromatic heterocycles. The van der Waals surface area contributed by atoms with E-state index in [9.17, 15) is 22.4 Å². The van der Waals surface area contributed by atoms with Gasteiger partial charge in [0.2, 0.25) is 15.9 Å². The lowest BCUT2D eigenvalue weighted by Gasteiger charge is -2.31. The summed E-state index contributed by atoms with van der Waals surface area (Å²) >= 11 is 0. The van der Waals surface area contributed by atoms with Crippen LogP contribution in [0.25, 0.3) is 0 Å². The fraction of sp³-hybridized carbons (Fsp3) is 0.300. The van der Waals surface area contributed by atoms with Crippen molar-refractivity contribution in [1.82, 2.24) is 4.31 Å². The molecule has 1 amide bonds. The van der Waals surface area contributed by atoms with Crippen LogP contribution < -0.4 is 5.32 Å². The lowest BCUT2D eigenvalue weighted by atomic mass is 9.98. The van der Waals surface area contributed by atoms with Gasteiger partial charge in [-0.15, -0.1) is 0 Å². The molecule has 1 atom stereocenters. The Morgan fingerprint density at radius 3 is 2.52 bits per heavy atom. The molecule has 0 unspecified atom stereocenters. The van der Waals surface area contributed by atoms with Gasteiger partial charge in [0.05, 0.1) is 29.2 Å². The largest absolute Gasteiger partial charge is 0.465 e. The molecule has 7 nitrogen and oxygen atoms in total. The van der Waals surface area contributed by atoms with Crippen LogP contribution in [-0.2, 0) is 19.6 Å². The number of esters is 1. The number of hydrogen-bond donors (Lipinski definition) is 1. The molecular formula is C20H21FN2O5S. The number of anilines is 1. The van der Waals surface area contributed by atoms with Crippen molar-refractivity contribution in [2.45, 2.75) is 17.7 Å². The summed E-state index contributed by atoms with van der Waals surface area (Å²) < 4.78 is 44.7. The van der Waals surface area contributed by atoms with Gasteiger partial charge in [-0.2, -0.15) is 4.31 Å². The summed E-state index contributed by atoms with van der Waals surface area (Å²) in [7, 11) is -2.58. The third-order valence-corrected chi connectivity index (χ3v) is 6.68. The van der Waals surface area contributed by atoms with Crippen LogP contribution in [0, 0.1) is 11.7 Å². The minimum absolute atomic E-state index is 0.00589. The van der Waals surface area contributed by atoms with Gasteiger partial charge in [-0.05, 0) is 49.2 Å². The Hall–Kier alpha value is -2.78. The molecule has 1 aliphatic heterocycles. The topological polar surface area (TPSA) is 92.8 Å². The van der Waals surface area contributed by atoms with Crippen molar-refractivity contribution in [1.29, 1.82) is 0 Å². The maximum absolute atomic E-state index is 13.1. The molecule has 0 aliphatic carbocycles. The summed E-state index contributed by atoms with van der Waals surface area (Å²) in [5, 5.41) is 2.70. The van der Waals surface area contributed by atoms with Crippen molar-refractivity contribution in [3.05, 3.63) is 59.9 Å². The van der Waals surface area contributed by atoms with E-state index in [1.54, 1.807) is 18.2 Å². The maximum atomic E-state index is 13.1. The van der Waals surface area contributed by atoms with E-state index in [-0.39, 0.29) is 29.5 Å². The number of halogens is 1. The van der Waals surface area contributed by atoms with E-state index in [1.807, 2.05) is 0 Å². The lowest BCUT2D eigenvalue weighted by molar-refractivity contribution is -0.120. The molecule has 154 valence electrons. The van der Waals surface area contributed by atoms with Gasteiger partial charge in [-0.1, -0.05) is 12.1 Å². The van der Waals surface area contributed by atoms with Gasteiger partial charge in [-0.3, -0.25) is 4.79 Å². The molecule has 29 heavy (non-hydrogen) atoms. The van der Waals surface area contributed by atoms with Gasteiger partial charge >= 0.3 is 5.97 Å². The quantitative estimate of drug-likeness (QED) is 0.751.